The molecule has 34 heavy (non-hydrogen) atoms. The lowest BCUT2D eigenvalue weighted by molar-refractivity contribution is -0.141. The van der Waals surface area contributed by atoms with Crippen molar-refractivity contribution in [2.75, 3.05) is 13.1 Å². The monoisotopic (exact) mass is 478 g/mol. The van der Waals surface area contributed by atoms with Crippen molar-refractivity contribution >= 4 is 24.3 Å². The van der Waals surface area contributed by atoms with Crippen LogP contribution in [0.25, 0.3) is 0 Å². The molecule has 0 aromatic carbocycles. The highest BCUT2D eigenvalue weighted by molar-refractivity contribution is 5.90. The predicted molar refractivity (Wildman–Crippen MR) is 135 cm³/mol. The van der Waals surface area contributed by atoms with Crippen LogP contribution in [0.3, 0.4) is 0 Å². The molecule has 0 saturated carbocycles. The third kappa shape index (κ3) is 7.57. The summed E-state index contributed by atoms with van der Waals surface area (Å²) in [4.78, 5) is 53.9. The van der Waals surface area contributed by atoms with Crippen LogP contribution in [0.2, 0.25) is 0 Å². The quantitative estimate of drug-likeness (QED) is 0.391. The van der Waals surface area contributed by atoms with E-state index in [4.69, 9.17) is 0 Å². The van der Waals surface area contributed by atoms with Crippen LogP contribution in [0.4, 0.5) is 4.79 Å². The SMILES string of the molecule is C=CC(CC)C(=O)N(C=O)CC(NC(=O)NC(C(=O)N1CCC(C)C1C)C(C)(C)C)C(C)(C)C. The molecule has 194 valence electrons. The zero-order chi connectivity index (χ0) is 26.4. The van der Waals surface area contributed by atoms with Gasteiger partial charge >= 0.3 is 6.03 Å². The van der Waals surface area contributed by atoms with Crippen molar-refractivity contribution in [1.82, 2.24) is 20.4 Å². The summed E-state index contributed by atoms with van der Waals surface area (Å²) in [6.07, 6.45) is 3.51. The molecule has 5 amide bonds. The van der Waals surface area contributed by atoms with Gasteiger partial charge in [-0.05, 0) is 36.5 Å². The summed E-state index contributed by atoms with van der Waals surface area (Å²) in [5.74, 6) is -0.484. The molecule has 1 saturated heterocycles. The second-order valence-electron chi connectivity index (χ2n) is 11.7. The van der Waals surface area contributed by atoms with E-state index in [1.807, 2.05) is 60.3 Å². The van der Waals surface area contributed by atoms with Gasteiger partial charge in [0.05, 0.1) is 12.0 Å². The average molecular weight is 479 g/mol. The highest BCUT2D eigenvalue weighted by atomic mass is 16.2. The van der Waals surface area contributed by atoms with Crippen molar-refractivity contribution in [2.45, 2.75) is 93.3 Å². The largest absolute Gasteiger partial charge is 0.338 e. The Morgan fingerprint density at radius 1 is 1.09 bits per heavy atom. The summed E-state index contributed by atoms with van der Waals surface area (Å²) in [6.45, 7) is 22.0. The number of urea groups is 1. The van der Waals surface area contributed by atoms with E-state index in [2.05, 4.69) is 24.1 Å². The molecule has 0 aliphatic carbocycles. The molecule has 5 atom stereocenters. The Balaban J connectivity index is 3.04. The first-order chi connectivity index (χ1) is 15.6. The van der Waals surface area contributed by atoms with E-state index in [0.717, 1.165) is 11.3 Å². The molecule has 0 spiro atoms. The summed E-state index contributed by atoms with van der Waals surface area (Å²) in [5.41, 5.74) is -0.949. The standard InChI is InChI=1S/C26H46N4O4/c1-11-19(12-2)22(32)29(16-31)15-20(25(5,6)7)27-24(34)28-21(26(8,9)10)23(33)30-14-13-17(3)18(30)4/h11,16-21H,1,12-15H2,2-10H3,(H2,27,28,34). The minimum absolute atomic E-state index is 0.0262. The van der Waals surface area contributed by atoms with Crippen molar-refractivity contribution in [3.8, 4) is 0 Å². The first kappa shape index (κ1) is 29.7. The maximum Gasteiger partial charge on any atom is 0.315 e. The number of carbonyl (C=O) groups excluding carboxylic acids is 4. The molecule has 1 heterocycles. The van der Waals surface area contributed by atoms with Gasteiger partial charge in [0, 0.05) is 19.1 Å². The van der Waals surface area contributed by atoms with Gasteiger partial charge in [-0.15, -0.1) is 6.58 Å². The van der Waals surface area contributed by atoms with E-state index in [1.165, 1.54) is 6.08 Å². The molecule has 1 aliphatic heterocycles. The van der Waals surface area contributed by atoms with Crippen molar-refractivity contribution in [2.24, 2.45) is 22.7 Å². The van der Waals surface area contributed by atoms with Crippen LogP contribution in [-0.4, -0.2) is 65.3 Å². The first-order valence-electron chi connectivity index (χ1n) is 12.3. The molecule has 5 unspecified atom stereocenters. The molecule has 1 aliphatic rings. The normalized spacial score (nSPS) is 21.3. The van der Waals surface area contributed by atoms with Crippen LogP contribution in [0.5, 0.6) is 0 Å². The number of rotatable bonds is 9. The van der Waals surface area contributed by atoms with Gasteiger partial charge in [0.15, 0.2) is 0 Å². The highest BCUT2D eigenvalue weighted by Crippen LogP contribution is 2.28. The number of nitrogens with zero attached hydrogens (tertiary/aromatic N) is 2. The number of hydrogen-bond acceptors (Lipinski definition) is 4. The molecule has 8 heteroatoms. The maximum atomic E-state index is 13.4. The van der Waals surface area contributed by atoms with Crippen LogP contribution in [0, 0.1) is 22.7 Å². The van der Waals surface area contributed by atoms with E-state index < -0.39 is 34.9 Å². The van der Waals surface area contributed by atoms with Gasteiger partial charge < -0.3 is 15.5 Å². The van der Waals surface area contributed by atoms with Gasteiger partial charge in [-0.25, -0.2) is 4.79 Å². The molecular formula is C26H46N4O4. The minimum atomic E-state index is -0.713. The lowest BCUT2D eigenvalue weighted by Crippen LogP contribution is -2.60. The van der Waals surface area contributed by atoms with E-state index >= 15 is 0 Å². The van der Waals surface area contributed by atoms with Crippen molar-refractivity contribution in [1.29, 1.82) is 0 Å². The molecule has 0 aromatic rings. The smallest absolute Gasteiger partial charge is 0.315 e. The molecule has 0 aromatic heterocycles. The Labute approximate surface area is 205 Å². The second kappa shape index (κ2) is 11.8. The van der Waals surface area contributed by atoms with Gasteiger partial charge in [-0.2, -0.15) is 0 Å². The van der Waals surface area contributed by atoms with Crippen molar-refractivity contribution in [3.05, 3.63) is 12.7 Å². The molecule has 8 nitrogen and oxygen atoms in total. The number of hydrogen-bond donors (Lipinski definition) is 2. The Morgan fingerprint density at radius 3 is 2.06 bits per heavy atom. The van der Waals surface area contributed by atoms with Crippen molar-refractivity contribution in [3.63, 3.8) is 0 Å². The molecule has 2 N–H and O–H groups in total. The zero-order valence-corrected chi connectivity index (χ0v) is 22.6. The van der Waals surface area contributed by atoms with Crippen LogP contribution in [0.15, 0.2) is 12.7 Å². The predicted octanol–water partition coefficient (Wildman–Crippen LogP) is 3.57. The lowest BCUT2D eigenvalue weighted by atomic mass is 9.85. The van der Waals surface area contributed by atoms with E-state index in [1.54, 1.807) is 0 Å². The van der Waals surface area contributed by atoms with Crippen LogP contribution in [0.1, 0.15) is 75.2 Å². The molecule has 1 fully saturated rings. The van der Waals surface area contributed by atoms with Gasteiger partial charge in [0.25, 0.3) is 0 Å². The number of nitrogens with one attached hydrogen (secondary N) is 2. The zero-order valence-electron chi connectivity index (χ0n) is 22.6. The van der Waals surface area contributed by atoms with Crippen LogP contribution >= 0.6 is 0 Å². The average Bonchev–Trinajstić information content (AvgIpc) is 3.06. The number of imide groups is 1. The number of likely N-dealkylation sites (tertiary alicyclic amines) is 1. The van der Waals surface area contributed by atoms with Gasteiger partial charge in [0.2, 0.25) is 18.2 Å². The molecule has 0 bridgehead atoms. The topological polar surface area (TPSA) is 98.8 Å². The Morgan fingerprint density at radius 2 is 1.68 bits per heavy atom. The van der Waals surface area contributed by atoms with Gasteiger partial charge in [-0.1, -0.05) is 61.5 Å². The Kier molecular flexibility index (Phi) is 10.3. The fourth-order valence-corrected chi connectivity index (χ4v) is 4.12. The fraction of sp³-hybridized carbons (Fsp3) is 0.769. The molecular weight excluding hydrogens is 432 g/mol. The van der Waals surface area contributed by atoms with Crippen molar-refractivity contribution < 1.29 is 19.2 Å². The lowest BCUT2D eigenvalue weighted by Gasteiger charge is -2.38. The highest BCUT2D eigenvalue weighted by Gasteiger charge is 2.41. The Bertz CT molecular complexity index is 753. The summed E-state index contributed by atoms with van der Waals surface area (Å²) in [5, 5.41) is 5.81. The number of carbonyl (C=O) groups is 4. The number of amides is 5. The summed E-state index contributed by atoms with van der Waals surface area (Å²) >= 11 is 0. The first-order valence-corrected chi connectivity index (χ1v) is 12.3. The fourth-order valence-electron chi connectivity index (χ4n) is 4.12. The van der Waals surface area contributed by atoms with E-state index in [-0.39, 0.29) is 24.4 Å². The second-order valence-corrected chi connectivity index (χ2v) is 11.7. The van der Waals surface area contributed by atoms with Gasteiger partial charge in [-0.3, -0.25) is 19.3 Å². The third-order valence-electron chi connectivity index (χ3n) is 6.99. The van der Waals surface area contributed by atoms with Crippen LogP contribution in [-0.2, 0) is 14.4 Å². The summed E-state index contributed by atoms with van der Waals surface area (Å²) in [6, 6.07) is -1.62. The van der Waals surface area contributed by atoms with Crippen LogP contribution < -0.4 is 10.6 Å². The maximum absolute atomic E-state index is 13.4. The summed E-state index contributed by atoms with van der Waals surface area (Å²) in [7, 11) is 0. The minimum Gasteiger partial charge on any atom is -0.338 e. The van der Waals surface area contributed by atoms with E-state index in [9.17, 15) is 19.2 Å². The molecule has 0 radical (unpaired) electrons. The molecule has 1 rings (SSSR count). The third-order valence-corrected chi connectivity index (χ3v) is 6.99. The summed E-state index contributed by atoms with van der Waals surface area (Å²) < 4.78 is 0. The van der Waals surface area contributed by atoms with Gasteiger partial charge in [0.1, 0.15) is 6.04 Å². The Hall–Kier alpha value is -2.38. The van der Waals surface area contributed by atoms with E-state index in [0.29, 0.717) is 25.3 Å².